The summed E-state index contributed by atoms with van der Waals surface area (Å²) in [6.45, 7) is 8.59. The van der Waals surface area contributed by atoms with Gasteiger partial charge >= 0.3 is 0 Å². The summed E-state index contributed by atoms with van der Waals surface area (Å²) < 4.78 is 0. The van der Waals surface area contributed by atoms with Gasteiger partial charge in [-0.2, -0.15) is 0 Å². The largest absolute Gasteiger partial charge is 0.373 e. The van der Waals surface area contributed by atoms with Crippen LogP contribution in [-0.4, -0.2) is 66.4 Å². The highest BCUT2D eigenvalue weighted by Gasteiger charge is 2.31. The molecule has 2 fully saturated rings. The molecule has 2 unspecified atom stereocenters. The van der Waals surface area contributed by atoms with Gasteiger partial charge in [0, 0.05) is 45.0 Å². The maximum Gasteiger partial charge on any atom is 0.236 e. The smallest absolute Gasteiger partial charge is 0.236 e. The van der Waals surface area contributed by atoms with Crippen LogP contribution in [-0.2, 0) is 17.6 Å². The van der Waals surface area contributed by atoms with Gasteiger partial charge in [-0.1, -0.05) is 92.4 Å². The summed E-state index contributed by atoms with van der Waals surface area (Å²) in [6, 6.07) is 20.0. The fraction of sp³-hybridized carbons (Fsp3) is 0.531. The average molecular weight is 488 g/mol. The van der Waals surface area contributed by atoms with Crippen molar-refractivity contribution in [2.75, 3.05) is 39.8 Å². The van der Waals surface area contributed by atoms with Crippen molar-refractivity contribution < 1.29 is 4.79 Å². The van der Waals surface area contributed by atoms with E-state index in [1.807, 2.05) is 0 Å². The van der Waals surface area contributed by atoms with Crippen LogP contribution in [0.2, 0.25) is 0 Å². The molecule has 1 amide bonds. The Hall–Kier alpha value is -2.59. The molecule has 194 valence electrons. The Morgan fingerprint density at radius 1 is 1.00 bits per heavy atom. The SMILES string of the molecule is CCCCCC1CN(CC(=O)N2CCC(Cc3ccccc3)C2)C/C(=C/Cc2ccc(C)cc2)N1C. The van der Waals surface area contributed by atoms with E-state index in [0.29, 0.717) is 24.4 Å². The fourth-order valence-corrected chi connectivity index (χ4v) is 5.73. The van der Waals surface area contributed by atoms with E-state index in [0.717, 1.165) is 45.4 Å². The van der Waals surface area contributed by atoms with Crippen LogP contribution in [0.5, 0.6) is 0 Å². The molecule has 4 rings (SSSR count). The minimum absolute atomic E-state index is 0.306. The Bertz CT molecular complexity index is 984. The third-order valence-corrected chi connectivity index (χ3v) is 8.05. The number of allylic oxidation sites excluding steroid dienone is 1. The zero-order valence-corrected chi connectivity index (χ0v) is 22.7. The molecular formula is C32H45N3O. The molecule has 2 saturated heterocycles. The second kappa shape index (κ2) is 13.1. The van der Waals surface area contributed by atoms with E-state index < -0.39 is 0 Å². The van der Waals surface area contributed by atoms with Crippen LogP contribution >= 0.6 is 0 Å². The fourth-order valence-electron chi connectivity index (χ4n) is 5.73. The lowest BCUT2D eigenvalue weighted by Gasteiger charge is -2.43. The predicted molar refractivity (Wildman–Crippen MR) is 150 cm³/mol. The van der Waals surface area contributed by atoms with Crippen molar-refractivity contribution in [2.45, 2.75) is 64.8 Å². The second-order valence-corrected chi connectivity index (χ2v) is 11.0. The van der Waals surface area contributed by atoms with Gasteiger partial charge in [-0.15, -0.1) is 0 Å². The van der Waals surface area contributed by atoms with E-state index in [1.165, 1.54) is 48.1 Å². The van der Waals surface area contributed by atoms with E-state index in [1.54, 1.807) is 0 Å². The maximum atomic E-state index is 13.3. The molecule has 2 aliphatic heterocycles. The molecule has 2 heterocycles. The number of carbonyl (C=O) groups is 1. The van der Waals surface area contributed by atoms with Gasteiger partial charge in [0.1, 0.15) is 0 Å². The average Bonchev–Trinajstić information content (AvgIpc) is 3.35. The first kappa shape index (κ1) is 26.5. The van der Waals surface area contributed by atoms with Crippen LogP contribution in [0.3, 0.4) is 0 Å². The minimum atomic E-state index is 0.306. The van der Waals surface area contributed by atoms with Crippen LogP contribution in [0.1, 0.15) is 55.7 Å². The van der Waals surface area contributed by atoms with Crippen molar-refractivity contribution in [2.24, 2.45) is 5.92 Å². The van der Waals surface area contributed by atoms with Gasteiger partial charge in [-0.05, 0) is 49.7 Å². The lowest BCUT2D eigenvalue weighted by Crippen LogP contribution is -2.52. The van der Waals surface area contributed by atoms with Crippen LogP contribution in [0, 0.1) is 12.8 Å². The van der Waals surface area contributed by atoms with E-state index >= 15 is 0 Å². The number of hydrogen-bond acceptors (Lipinski definition) is 3. The number of aryl methyl sites for hydroxylation is 1. The minimum Gasteiger partial charge on any atom is -0.373 e. The standard InChI is InChI=1S/C32H45N3O/c1-4-5-7-12-30-23-34(24-31(33(30)3)18-17-27-15-13-26(2)14-16-27)25-32(36)35-20-19-29(22-35)21-28-10-8-6-9-11-28/h6,8-11,13-16,18,29-30H,4-5,7,12,17,19-25H2,1-3H3/b31-18-. The maximum absolute atomic E-state index is 13.3. The van der Waals surface area contributed by atoms with Crippen LogP contribution in [0.25, 0.3) is 0 Å². The summed E-state index contributed by atoms with van der Waals surface area (Å²) >= 11 is 0. The van der Waals surface area contributed by atoms with Crippen molar-refractivity contribution in [1.29, 1.82) is 0 Å². The number of likely N-dealkylation sites (tertiary alicyclic amines) is 1. The molecule has 2 aromatic rings. The summed E-state index contributed by atoms with van der Waals surface area (Å²) in [4.78, 5) is 20.4. The number of benzene rings is 2. The molecule has 36 heavy (non-hydrogen) atoms. The quantitative estimate of drug-likeness (QED) is 0.402. The molecule has 2 aliphatic rings. The molecule has 0 bridgehead atoms. The Morgan fingerprint density at radius 2 is 1.78 bits per heavy atom. The summed E-state index contributed by atoms with van der Waals surface area (Å²) in [6.07, 6.45) is 10.5. The highest BCUT2D eigenvalue weighted by atomic mass is 16.2. The summed E-state index contributed by atoms with van der Waals surface area (Å²) in [5, 5.41) is 0. The number of unbranched alkanes of at least 4 members (excludes halogenated alkanes) is 2. The molecule has 0 spiro atoms. The van der Waals surface area contributed by atoms with Gasteiger partial charge in [0.25, 0.3) is 0 Å². The van der Waals surface area contributed by atoms with Crippen LogP contribution in [0.15, 0.2) is 66.4 Å². The van der Waals surface area contributed by atoms with Gasteiger partial charge in [-0.25, -0.2) is 0 Å². The van der Waals surface area contributed by atoms with E-state index in [4.69, 9.17) is 0 Å². The van der Waals surface area contributed by atoms with Crippen molar-refractivity contribution in [3.05, 3.63) is 83.1 Å². The van der Waals surface area contributed by atoms with Crippen LogP contribution in [0.4, 0.5) is 0 Å². The number of hydrogen-bond donors (Lipinski definition) is 0. The second-order valence-electron chi connectivity index (χ2n) is 11.0. The van der Waals surface area contributed by atoms with Crippen molar-refractivity contribution in [1.82, 2.24) is 14.7 Å². The summed E-state index contributed by atoms with van der Waals surface area (Å²) in [5.41, 5.74) is 5.39. The molecule has 2 atom stereocenters. The summed E-state index contributed by atoms with van der Waals surface area (Å²) in [7, 11) is 2.26. The van der Waals surface area contributed by atoms with Crippen molar-refractivity contribution >= 4 is 5.91 Å². The van der Waals surface area contributed by atoms with Gasteiger partial charge in [0.05, 0.1) is 6.54 Å². The predicted octanol–water partition coefficient (Wildman–Crippen LogP) is 5.71. The van der Waals surface area contributed by atoms with Crippen molar-refractivity contribution in [3.63, 3.8) is 0 Å². The monoisotopic (exact) mass is 487 g/mol. The third-order valence-electron chi connectivity index (χ3n) is 8.05. The Morgan fingerprint density at radius 3 is 2.53 bits per heavy atom. The molecule has 0 radical (unpaired) electrons. The normalized spacial score (nSPS) is 21.9. The first-order valence-electron chi connectivity index (χ1n) is 14.0. The first-order chi connectivity index (χ1) is 17.5. The lowest BCUT2D eigenvalue weighted by atomic mass is 9.99. The third kappa shape index (κ3) is 7.46. The number of rotatable bonds is 10. The highest BCUT2D eigenvalue weighted by Crippen LogP contribution is 2.24. The zero-order valence-electron chi connectivity index (χ0n) is 22.7. The molecule has 2 aromatic carbocycles. The highest BCUT2D eigenvalue weighted by molar-refractivity contribution is 5.78. The Kier molecular flexibility index (Phi) is 9.63. The molecule has 4 nitrogen and oxygen atoms in total. The van der Waals surface area contributed by atoms with Crippen molar-refractivity contribution in [3.8, 4) is 0 Å². The number of carbonyl (C=O) groups excluding carboxylic acids is 1. The van der Waals surface area contributed by atoms with Gasteiger partial charge in [0.2, 0.25) is 5.91 Å². The Balaban J connectivity index is 1.37. The molecule has 0 aliphatic carbocycles. The zero-order chi connectivity index (χ0) is 25.3. The number of nitrogens with zero attached hydrogens (tertiary/aromatic N) is 3. The first-order valence-corrected chi connectivity index (χ1v) is 14.0. The molecule has 0 aromatic heterocycles. The van der Waals surface area contributed by atoms with Gasteiger partial charge in [0.15, 0.2) is 0 Å². The Labute approximate surface area is 219 Å². The number of piperazine rings is 1. The van der Waals surface area contributed by atoms with Gasteiger partial charge < -0.3 is 9.80 Å². The summed E-state index contributed by atoms with van der Waals surface area (Å²) in [5.74, 6) is 0.885. The van der Waals surface area contributed by atoms with Gasteiger partial charge in [-0.3, -0.25) is 9.69 Å². The molecule has 0 saturated carbocycles. The molecule has 4 heteroatoms. The van der Waals surface area contributed by atoms with E-state index in [2.05, 4.69) is 96.3 Å². The number of amides is 1. The van der Waals surface area contributed by atoms with E-state index in [9.17, 15) is 4.79 Å². The molecular weight excluding hydrogens is 442 g/mol. The number of likely N-dealkylation sites (N-methyl/N-ethyl adjacent to an activating group) is 1. The topological polar surface area (TPSA) is 26.8 Å². The molecule has 0 N–H and O–H groups in total. The lowest BCUT2D eigenvalue weighted by molar-refractivity contribution is -0.131. The van der Waals surface area contributed by atoms with Crippen LogP contribution < -0.4 is 0 Å². The van der Waals surface area contributed by atoms with E-state index in [-0.39, 0.29) is 0 Å².